The molecule has 6 rings (SSSR count). The zero-order valence-corrected chi connectivity index (χ0v) is 49.0. The Labute approximate surface area is 490 Å². The Morgan fingerprint density at radius 2 is 0.917 bits per heavy atom. The Morgan fingerprint density at radius 1 is 0.560 bits per heavy atom. The Morgan fingerprint density at radius 3 is 1.27 bits per heavy atom. The van der Waals surface area contributed by atoms with E-state index >= 15 is 0 Å². The monoisotopic (exact) mass is 1220 g/mol. The first-order valence-corrected chi connectivity index (χ1v) is 28.7. The summed E-state index contributed by atoms with van der Waals surface area (Å²) in [6.07, 6.45) is -3.07. The average Bonchev–Trinajstić information content (AvgIpc) is 3.93. The lowest BCUT2D eigenvalue weighted by molar-refractivity contribution is -0.142. The summed E-state index contributed by atoms with van der Waals surface area (Å²) in [5, 5.41) is 17.8. The first-order chi connectivity index (χ1) is 39.5. The minimum absolute atomic E-state index is 0.116. The number of amides is 6. The summed E-state index contributed by atoms with van der Waals surface area (Å²) in [5.74, 6) is -9.41. The van der Waals surface area contributed by atoms with Crippen molar-refractivity contribution >= 4 is 71.3 Å². The zero-order chi connectivity index (χ0) is 62.1. The van der Waals surface area contributed by atoms with Crippen LogP contribution in [0.3, 0.4) is 0 Å². The molecule has 4 aromatic carbocycles. The lowest BCUT2D eigenvalue weighted by Gasteiger charge is -2.27. The Kier molecular flexibility index (Phi) is 24.8. The molecule has 0 radical (unpaired) electrons. The number of hydrogen-bond donors (Lipinski definition) is 5. The molecule has 2 saturated heterocycles. The summed E-state index contributed by atoms with van der Waals surface area (Å²) >= 11 is 2.53. The predicted octanol–water partition coefficient (Wildman–Crippen LogP) is 8.03. The van der Waals surface area contributed by atoms with E-state index in [2.05, 4.69) is 21.3 Å². The fraction of sp³-hybridized carbons (Fsp3) is 0.448. The number of alkyl carbamates (subject to hydrolysis) is 2. The Balaban J connectivity index is 0.000000308. The third kappa shape index (κ3) is 21.9. The highest BCUT2D eigenvalue weighted by Gasteiger charge is 2.38. The molecular weight excluding hydrogens is 1150 g/mol. The summed E-state index contributed by atoms with van der Waals surface area (Å²) in [6.45, 7) is 12.7. The smallest absolute Gasteiger partial charge is 0.407 e. The Bertz CT molecular complexity index is 3000. The van der Waals surface area contributed by atoms with Crippen LogP contribution in [-0.4, -0.2) is 128 Å². The maximum Gasteiger partial charge on any atom is 0.407 e. The molecule has 18 nitrogen and oxygen atoms in total. The van der Waals surface area contributed by atoms with Gasteiger partial charge in [-0.25, -0.2) is 35.9 Å². The molecular formula is C58H68F6N6O12S2. The number of carboxylic acid groups (broad SMARTS) is 1. The van der Waals surface area contributed by atoms with E-state index < -0.39 is 111 Å². The predicted molar refractivity (Wildman–Crippen MR) is 300 cm³/mol. The van der Waals surface area contributed by atoms with E-state index in [0.717, 1.165) is 16.7 Å². The SMILES string of the molecule is CC(C)(C)OC(=O)N[C@@H](CC(=O)N1CCSC1C(=O)NCc1ccc(CC(=O)O)cc1)Cc1cc(F)c(F)cc1F.CCOC(=O)Cc1ccc(CNC(=O)C2SCCN2C(=O)C[C@@H](Cc2cc(F)c(F)cc2F)NC(=O)OC(C)(C)C)cc1. The van der Waals surface area contributed by atoms with Crippen LogP contribution in [0.4, 0.5) is 35.9 Å². The molecule has 2 aliphatic rings. The van der Waals surface area contributed by atoms with Crippen LogP contribution in [0.1, 0.15) is 94.7 Å². The molecule has 2 fully saturated rings. The highest BCUT2D eigenvalue weighted by atomic mass is 32.2. The van der Waals surface area contributed by atoms with E-state index in [0.29, 0.717) is 47.9 Å². The first-order valence-electron chi connectivity index (χ1n) is 26.6. The number of thioether (sulfide) groups is 2. The lowest BCUT2D eigenvalue weighted by Crippen LogP contribution is -2.48. The number of nitrogens with zero attached hydrogens (tertiary/aromatic N) is 2. The van der Waals surface area contributed by atoms with E-state index in [1.807, 2.05) is 0 Å². The van der Waals surface area contributed by atoms with Gasteiger partial charge in [0.25, 0.3) is 11.8 Å². The molecule has 0 bridgehead atoms. The van der Waals surface area contributed by atoms with E-state index in [9.17, 15) is 64.7 Å². The minimum Gasteiger partial charge on any atom is -0.481 e. The van der Waals surface area contributed by atoms with Crippen LogP contribution in [0.5, 0.6) is 0 Å². The van der Waals surface area contributed by atoms with Gasteiger partial charge in [-0.2, -0.15) is 0 Å². The summed E-state index contributed by atoms with van der Waals surface area (Å²) < 4.78 is 98.8. The molecule has 0 spiro atoms. The number of carbonyl (C=O) groups excluding carboxylic acids is 7. The molecule has 0 aliphatic carbocycles. The van der Waals surface area contributed by atoms with Crippen molar-refractivity contribution in [1.29, 1.82) is 0 Å². The summed E-state index contributed by atoms with van der Waals surface area (Å²) in [7, 11) is 0. The van der Waals surface area contributed by atoms with Crippen LogP contribution >= 0.6 is 23.5 Å². The van der Waals surface area contributed by atoms with E-state index in [1.165, 1.54) is 33.3 Å². The Hall–Kier alpha value is -7.48. The number of halogens is 6. The van der Waals surface area contributed by atoms with Crippen LogP contribution in [0.2, 0.25) is 0 Å². The van der Waals surface area contributed by atoms with E-state index in [1.54, 1.807) is 97.0 Å². The lowest BCUT2D eigenvalue weighted by atomic mass is 10.0. The molecule has 2 unspecified atom stereocenters. The van der Waals surface area contributed by atoms with Crippen molar-refractivity contribution in [2.75, 3.05) is 31.2 Å². The molecule has 2 heterocycles. The van der Waals surface area contributed by atoms with Gasteiger partial charge in [0.05, 0.1) is 19.4 Å². The first kappa shape index (κ1) is 67.3. The summed E-state index contributed by atoms with van der Waals surface area (Å²) in [6, 6.07) is 13.9. The second-order valence-electron chi connectivity index (χ2n) is 21.5. The van der Waals surface area contributed by atoms with Crippen molar-refractivity contribution < 1.29 is 84.0 Å². The van der Waals surface area contributed by atoms with Gasteiger partial charge in [0.2, 0.25) is 11.8 Å². The number of carboxylic acids is 1. The van der Waals surface area contributed by atoms with Crippen molar-refractivity contribution in [3.05, 3.63) is 141 Å². The second-order valence-corrected chi connectivity index (χ2v) is 23.8. The summed E-state index contributed by atoms with van der Waals surface area (Å²) in [4.78, 5) is 103. The van der Waals surface area contributed by atoms with Gasteiger partial charge in [-0.05, 0) is 107 Å². The number of hydrogen-bond acceptors (Lipinski definition) is 13. The fourth-order valence-electron chi connectivity index (χ4n) is 8.47. The molecule has 0 aromatic heterocycles. The van der Waals surface area contributed by atoms with Crippen molar-refractivity contribution in [3.63, 3.8) is 0 Å². The van der Waals surface area contributed by atoms with Crippen molar-refractivity contribution in [2.24, 2.45) is 0 Å². The zero-order valence-electron chi connectivity index (χ0n) is 47.3. The van der Waals surface area contributed by atoms with Crippen LogP contribution < -0.4 is 21.3 Å². The number of benzene rings is 4. The molecule has 6 amide bonds. The van der Waals surface area contributed by atoms with Crippen LogP contribution in [0.25, 0.3) is 0 Å². The molecule has 2 aliphatic heterocycles. The highest BCUT2D eigenvalue weighted by molar-refractivity contribution is 8.01. The third-order valence-electron chi connectivity index (χ3n) is 12.3. The molecule has 0 saturated carbocycles. The van der Waals surface area contributed by atoms with Crippen molar-refractivity contribution in [3.8, 4) is 0 Å². The molecule has 456 valence electrons. The van der Waals surface area contributed by atoms with E-state index in [-0.39, 0.29) is 81.8 Å². The van der Waals surface area contributed by atoms with Gasteiger partial charge in [0.1, 0.15) is 22.8 Å². The second kappa shape index (κ2) is 30.9. The quantitative estimate of drug-likeness (QED) is 0.0230. The van der Waals surface area contributed by atoms with Crippen molar-refractivity contribution in [1.82, 2.24) is 31.1 Å². The van der Waals surface area contributed by atoms with Gasteiger partial charge in [0.15, 0.2) is 34.0 Å². The van der Waals surface area contributed by atoms with Gasteiger partial charge in [-0.15, -0.1) is 23.5 Å². The molecule has 4 atom stereocenters. The molecule has 4 aromatic rings. The molecule has 26 heteroatoms. The van der Waals surface area contributed by atoms with Gasteiger partial charge in [-0.3, -0.25) is 28.8 Å². The van der Waals surface area contributed by atoms with Gasteiger partial charge >= 0.3 is 24.1 Å². The van der Waals surface area contributed by atoms with Gasteiger partial charge in [-0.1, -0.05) is 48.5 Å². The topological polar surface area (TPSA) is 239 Å². The van der Waals surface area contributed by atoms with Gasteiger partial charge in [0, 0.05) is 74.7 Å². The van der Waals surface area contributed by atoms with Crippen LogP contribution in [0.15, 0.2) is 72.8 Å². The van der Waals surface area contributed by atoms with Crippen LogP contribution in [0, 0.1) is 34.9 Å². The minimum atomic E-state index is -1.36. The average molecular weight is 1220 g/mol. The summed E-state index contributed by atoms with van der Waals surface area (Å²) in [5.41, 5.74) is 0.728. The largest absolute Gasteiger partial charge is 0.481 e. The van der Waals surface area contributed by atoms with Crippen LogP contribution in [-0.2, 0) is 81.8 Å². The van der Waals surface area contributed by atoms with E-state index in [4.69, 9.17) is 19.3 Å². The number of rotatable bonds is 21. The standard InChI is InChI=1S/C30H36F3N3O6S.C28H32F3N3O6S/c1-5-41-26(38)12-18-6-8-19(9-7-18)17-34-27(39)28-36(10-11-43-28)25(37)15-21(35-29(40)42-30(2,3)4)13-20-14-23(32)24(33)16-22(20)31;1-28(2,3)40-27(39)33-19(11-18-12-21(30)22(31)14-20(18)29)13-23(35)34-8-9-41-26(34)25(38)32-15-17-6-4-16(5-7-17)10-24(36)37/h6-9,14,16,21,28H,5,10-13,15,17H2,1-4H3,(H,34,39)(H,35,40);4-7,12,14,19,26H,8-11,13,15H2,1-3H3,(H,32,38)(H,33,39)(H,36,37)/t21-,28?;19-,26?/m11/s1. The maximum atomic E-state index is 14.4. The fourth-order valence-corrected chi connectivity index (χ4v) is 10.8. The third-order valence-corrected chi connectivity index (χ3v) is 14.7. The van der Waals surface area contributed by atoms with Crippen molar-refractivity contribution in [2.45, 2.75) is 134 Å². The number of esters is 1. The van der Waals surface area contributed by atoms with Gasteiger partial charge < -0.3 is 50.4 Å². The number of nitrogens with one attached hydrogen (secondary N) is 4. The number of ether oxygens (including phenoxy) is 3. The molecule has 84 heavy (non-hydrogen) atoms. The molecule has 5 N–H and O–H groups in total. The number of aliphatic carboxylic acids is 1. The maximum absolute atomic E-state index is 14.4. The normalized spacial score (nSPS) is 15.6. The highest BCUT2D eigenvalue weighted by Crippen LogP contribution is 2.28. The number of carbonyl (C=O) groups is 8.